The molecule has 12 heavy (non-hydrogen) atoms. The molecule has 4 heteroatoms. The van der Waals surface area contributed by atoms with E-state index >= 15 is 0 Å². The molecule has 0 aliphatic carbocycles. The van der Waals surface area contributed by atoms with Crippen LogP contribution < -0.4 is 56.7 Å². The van der Waals surface area contributed by atoms with Gasteiger partial charge in [0.15, 0.2) is 0 Å². The fourth-order valence-corrected chi connectivity index (χ4v) is 1.52. The fourth-order valence-electron chi connectivity index (χ4n) is 1.39. The maximum absolute atomic E-state index is 4.32. The summed E-state index contributed by atoms with van der Waals surface area (Å²) in [4.78, 5) is 0. The number of rotatable bonds is 3. The molecule has 0 aromatic carbocycles. The smallest absolute Gasteiger partial charge is 0.662 e. The second-order valence-corrected chi connectivity index (χ2v) is 3.72. The maximum Gasteiger partial charge on any atom is 1.00 e. The molecule has 2 unspecified atom stereocenters. The minimum atomic E-state index is 0. The van der Waals surface area contributed by atoms with Gasteiger partial charge in [-0.3, -0.25) is 0 Å². The molecule has 0 aromatic heterocycles. The molecular formula is C8H18KN2P. The van der Waals surface area contributed by atoms with Gasteiger partial charge in [-0.1, -0.05) is 12.8 Å². The van der Waals surface area contributed by atoms with Gasteiger partial charge in [-0.25, -0.2) is 0 Å². The van der Waals surface area contributed by atoms with E-state index in [-0.39, 0.29) is 51.4 Å². The minimum Gasteiger partial charge on any atom is -0.662 e. The number of nitrogens with one attached hydrogen (secondary N) is 1. The summed E-state index contributed by atoms with van der Waals surface area (Å²) in [5.41, 5.74) is 0. The Kier molecular flexibility index (Phi) is 9.68. The van der Waals surface area contributed by atoms with Crippen molar-refractivity contribution in [2.24, 2.45) is 0 Å². The zero-order chi connectivity index (χ0) is 8.10. The van der Waals surface area contributed by atoms with Gasteiger partial charge in [0.2, 0.25) is 0 Å². The molecule has 0 radical (unpaired) electrons. The third-order valence-corrected chi connectivity index (χ3v) is 2.85. The molecule has 0 aromatic rings. The van der Waals surface area contributed by atoms with Crippen LogP contribution in [0.1, 0.15) is 19.8 Å². The molecule has 1 aliphatic rings. The summed E-state index contributed by atoms with van der Waals surface area (Å²) in [6.45, 7) is 4.35. The molecule has 66 valence electrons. The third kappa shape index (κ3) is 5.66. The van der Waals surface area contributed by atoms with Gasteiger partial charge in [-0.05, 0) is 13.1 Å². The van der Waals surface area contributed by atoms with E-state index in [4.69, 9.17) is 0 Å². The fraction of sp³-hybridized carbons (Fsp3) is 1.00. The van der Waals surface area contributed by atoms with Crippen LogP contribution in [0.15, 0.2) is 0 Å². The van der Waals surface area contributed by atoms with E-state index in [1.54, 1.807) is 0 Å². The van der Waals surface area contributed by atoms with Crippen molar-refractivity contribution in [3.8, 4) is 0 Å². The summed E-state index contributed by atoms with van der Waals surface area (Å²) in [5.74, 6) is 0. The molecule has 0 amide bonds. The Balaban J connectivity index is 0.00000121. The van der Waals surface area contributed by atoms with Gasteiger partial charge in [0.1, 0.15) is 0 Å². The molecule has 0 bridgehead atoms. The van der Waals surface area contributed by atoms with Gasteiger partial charge < -0.3 is 10.6 Å². The normalized spacial score (nSPS) is 21.5. The van der Waals surface area contributed by atoms with Crippen molar-refractivity contribution in [1.82, 2.24) is 5.32 Å². The second-order valence-electron chi connectivity index (χ2n) is 3.25. The molecule has 0 spiro atoms. The van der Waals surface area contributed by atoms with E-state index in [1.165, 1.54) is 12.8 Å². The van der Waals surface area contributed by atoms with Crippen molar-refractivity contribution >= 4 is 9.24 Å². The molecule has 0 saturated carbocycles. The zero-order valence-electron chi connectivity index (χ0n) is 8.21. The van der Waals surface area contributed by atoms with E-state index in [1.807, 2.05) is 0 Å². The first-order valence-electron chi connectivity index (χ1n) is 4.42. The van der Waals surface area contributed by atoms with E-state index in [0.29, 0.717) is 6.04 Å². The number of hydrogen-bond donors (Lipinski definition) is 1. The van der Waals surface area contributed by atoms with Crippen LogP contribution in [0.4, 0.5) is 0 Å². The van der Waals surface area contributed by atoms with Crippen LogP contribution in [0, 0.1) is 0 Å². The van der Waals surface area contributed by atoms with E-state index in [2.05, 4.69) is 26.8 Å². The van der Waals surface area contributed by atoms with Crippen molar-refractivity contribution < 1.29 is 51.4 Å². The van der Waals surface area contributed by atoms with Gasteiger partial charge in [0, 0.05) is 12.1 Å². The second kappa shape index (κ2) is 8.31. The summed E-state index contributed by atoms with van der Waals surface area (Å²) in [5, 5.41) is 7.90. The predicted octanol–water partition coefficient (Wildman–Crippen LogP) is -1.62. The summed E-state index contributed by atoms with van der Waals surface area (Å²) in [6, 6.07) is 1.37. The quantitative estimate of drug-likeness (QED) is 0.442. The zero-order valence-corrected chi connectivity index (χ0v) is 12.5. The molecule has 1 saturated heterocycles. The number of nitrogens with zero attached hydrogens (tertiary/aromatic N) is 1. The van der Waals surface area contributed by atoms with Crippen LogP contribution in [-0.2, 0) is 0 Å². The summed E-state index contributed by atoms with van der Waals surface area (Å²) < 4.78 is 0. The SMILES string of the molecule is CC(CP)NC1CC[N-]CC1.[K+]. The van der Waals surface area contributed by atoms with Crippen LogP contribution in [-0.4, -0.2) is 31.3 Å². The van der Waals surface area contributed by atoms with Gasteiger partial charge >= 0.3 is 51.4 Å². The topological polar surface area (TPSA) is 26.1 Å². The first-order valence-corrected chi connectivity index (χ1v) is 5.24. The van der Waals surface area contributed by atoms with Crippen LogP contribution in [0.2, 0.25) is 0 Å². The molecule has 2 nitrogen and oxygen atoms in total. The number of piperidine rings is 1. The maximum atomic E-state index is 4.32. The van der Waals surface area contributed by atoms with Crippen LogP contribution in [0.5, 0.6) is 0 Å². The molecule has 1 rings (SSSR count). The standard InChI is InChI=1S/C8H18N2P.K/c1-7(6-11)10-8-2-4-9-5-3-8;/h7-8,10H,2-6,11H2,1H3;/q-1;+1. The minimum absolute atomic E-state index is 0. The van der Waals surface area contributed by atoms with E-state index in [0.717, 1.165) is 25.3 Å². The monoisotopic (exact) mass is 212 g/mol. The Morgan fingerprint density at radius 1 is 1.50 bits per heavy atom. The van der Waals surface area contributed by atoms with Crippen LogP contribution in [0.3, 0.4) is 0 Å². The largest absolute Gasteiger partial charge is 1.00 e. The van der Waals surface area contributed by atoms with Gasteiger partial charge in [-0.2, -0.15) is 0 Å². The third-order valence-electron chi connectivity index (χ3n) is 2.15. The van der Waals surface area contributed by atoms with Crippen LogP contribution >= 0.6 is 9.24 Å². The first-order chi connectivity index (χ1) is 5.33. The molecule has 1 fully saturated rings. The molecule has 1 N–H and O–H groups in total. The van der Waals surface area contributed by atoms with Crippen LogP contribution in [0.25, 0.3) is 5.32 Å². The average molecular weight is 212 g/mol. The molecule has 1 aliphatic heterocycles. The van der Waals surface area contributed by atoms with Gasteiger partial charge in [0.05, 0.1) is 0 Å². The Labute approximate surface area is 121 Å². The van der Waals surface area contributed by atoms with Crippen molar-refractivity contribution in [3.05, 3.63) is 5.32 Å². The molecular weight excluding hydrogens is 194 g/mol. The predicted molar refractivity (Wildman–Crippen MR) is 53.3 cm³/mol. The Hall–Kier alpha value is 1.99. The number of hydrogen-bond acceptors (Lipinski definition) is 1. The van der Waals surface area contributed by atoms with Gasteiger partial charge in [0.25, 0.3) is 0 Å². The molecule has 1 heterocycles. The Bertz CT molecular complexity index is 107. The van der Waals surface area contributed by atoms with Crippen molar-refractivity contribution in [3.63, 3.8) is 0 Å². The van der Waals surface area contributed by atoms with E-state index < -0.39 is 0 Å². The van der Waals surface area contributed by atoms with Gasteiger partial charge in [-0.15, -0.1) is 22.3 Å². The summed E-state index contributed by atoms with van der Waals surface area (Å²) in [7, 11) is 2.77. The summed E-state index contributed by atoms with van der Waals surface area (Å²) >= 11 is 0. The average Bonchev–Trinajstić information content (AvgIpc) is 2.06. The first kappa shape index (κ1) is 14.0. The molecule has 2 atom stereocenters. The summed E-state index contributed by atoms with van der Waals surface area (Å²) in [6.07, 6.45) is 3.61. The van der Waals surface area contributed by atoms with E-state index in [9.17, 15) is 0 Å². The Morgan fingerprint density at radius 3 is 2.58 bits per heavy atom. The Morgan fingerprint density at radius 2 is 2.08 bits per heavy atom. The van der Waals surface area contributed by atoms with Crippen molar-refractivity contribution in [2.75, 3.05) is 19.3 Å². The van der Waals surface area contributed by atoms with Crippen molar-refractivity contribution in [2.45, 2.75) is 31.8 Å². The van der Waals surface area contributed by atoms with Crippen molar-refractivity contribution in [1.29, 1.82) is 0 Å².